The van der Waals surface area contributed by atoms with E-state index in [1.807, 2.05) is 39.2 Å². The number of nitrogens with one attached hydrogen (secondary N) is 2. The summed E-state index contributed by atoms with van der Waals surface area (Å²) in [7, 11) is 7.48. The molecule has 2 aromatic carbocycles. The molecule has 2 N–H and O–H groups in total. The zero-order valence-electron chi connectivity index (χ0n) is 17.5. The first kappa shape index (κ1) is 23.9. The van der Waals surface area contributed by atoms with Gasteiger partial charge in [0.05, 0.1) is 13.7 Å². The molecule has 0 heterocycles. The number of nitrogens with zero attached hydrogens (tertiary/aromatic N) is 2. The van der Waals surface area contributed by atoms with Crippen LogP contribution in [-0.4, -0.2) is 40.8 Å². The average molecular weight is 498 g/mol. The van der Waals surface area contributed by atoms with Gasteiger partial charge < -0.3 is 25.0 Å². The Labute approximate surface area is 185 Å². The van der Waals surface area contributed by atoms with Gasteiger partial charge in [-0.25, -0.2) is 0 Å². The third-order valence-electron chi connectivity index (χ3n) is 4.24. The molecule has 28 heavy (non-hydrogen) atoms. The van der Waals surface area contributed by atoms with Crippen LogP contribution in [0.1, 0.15) is 18.1 Å². The Morgan fingerprint density at radius 3 is 2.43 bits per heavy atom. The number of hydrogen-bond donors (Lipinski definition) is 2. The summed E-state index contributed by atoms with van der Waals surface area (Å²) in [6.45, 7) is 5.35. The Bertz CT molecular complexity index is 794. The topological polar surface area (TPSA) is 58.1 Å². The largest absolute Gasteiger partial charge is 0.493 e. The first-order valence-corrected chi connectivity index (χ1v) is 9.03. The summed E-state index contributed by atoms with van der Waals surface area (Å²) in [6.07, 6.45) is 0. The van der Waals surface area contributed by atoms with Crippen LogP contribution in [0.3, 0.4) is 0 Å². The minimum atomic E-state index is 0. The van der Waals surface area contributed by atoms with Crippen LogP contribution in [0.2, 0.25) is 0 Å². The van der Waals surface area contributed by atoms with Gasteiger partial charge in [0.2, 0.25) is 0 Å². The molecule has 0 saturated carbocycles. The molecule has 2 rings (SSSR count). The Morgan fingerprint density at radius 2 is 1.86 bits per heavy atom. The maximum absolute atomic E-state index is 5.56. The molecule has 2 aromatic rings. The molecule has 0 saturated heterocycles. The summed E-state index contributed by atoms with van der Waals surface area (Å²) in [5.74, 6) is 2.11. The number of hydrogen-bond acceptors (Lipinski definition) is 4. The van der Waals surface area contributed by atoms with E-state index in [1.54, 1.807) is 14.2 Å². The number of ether oxygens (including phenoxy) is 2. The summed E-state index contributed by atoms with van der Waals surface area (Å²) in [4.78, 5) is 6.40. The summed E-state index contributed by atoms with van der Waals surface area (Å²) in [5, 5.41) is 6.64. The van der Waals surface area contributed by atoms with Gasteiger partial charge in [-0.3, -0.25) is 4.99 Å². The molecule has 0 unspecified atom stereocenters. The number of guanidine groups is 1. The van der Waals surface area contributed by atoms with Crippen molar-refractivity contribution >= 4 is 41.3 Å². The van der Waals surface area contributed by atoms with E-state index < -0.39 is 0 Å². The number of benzene rings is 2. The van der Waals surface area contributed by atoms with Gasteiger partial charge in [0.15, 0.2) is 17.5 Å². The van der Waals surface area contributed by atoms with E-state index in [4.69, 9.17) is 9.47 Å². The summed E-state index contributed by atoms with van der Waals surface area (Å²) in [6, 6.07) is 12.2. The van der Waals surface area contributed by atoms with Gasteiger partial charge in [0, 0.05) is 45.1 Å². The first-order valence-electron chi connectivity index (χ1n) is 9.03. The maximum atomic E-state index is 5.56. The van der Waals surface area contributed by atoms with Crippen molar-refractivity contribution in [1.29, 1.82) is 0 Å². The molecule has 6 nitrogen and oxygen atoms in total. The lowest BCUT2D eigenvalue weighted by atomic mass is 10.1. The highest BCUT2D eigenvalue weighted by atomic mass is 127. The Balaban J connectivity index is 0.00000392. The second-order valence-corrected chi connectivity index (χ2v) is 6.35. The van der Waals surface area contributed by atoms with E-state index in [0.717, 1.165) is 11.4 Å². The van der Waals surface area contributed by atoms with Gasteiger partial charge in [0.1, 0.15) is 0 Å². The normalized spacial score (nSPS) is 10.7. The predicted octanol–water partition coefficient (Wildman–Crippen LogP) is 4.27. The summed E-state index contributed by atoms with van der Waals surface area (Å²) < 4.78 is 11.0. The highest BCUT2D eigenvalue weighted by Crippen LogP contribution is 2.30. The second-order valence-electron chi connectivity index (χ2n) is 6.35. The maximum Gasteiger partial charge on any atom is 0.195 e. The van der Waals surface area contributed by atoms with Gasteiger partial charge in [-0.05, 0) is 49.2 Å². The van der Waals surface area contributed by atoms with Crippen LogP contribution < -0.4 is 25.0 Å². The van der Waals surface area contributed by atoms with Crippen LogP contribution in [0.15, 0.2) is 41.4 Å². The minimum absolute atomic E-state index is 0. The van der Waals surface area contributed by atoms with Crippen molar-refractivity contribution in [3.05, 3.63) is 47.5 Å². The van der Waals surface area contributed by atoms with Crippen LogP contribution in [0.5, 0.6) is 11.5 Å². The van der Waals surface area contributed by atoms with Gasteiger partial charge in [-0.15, -0.1) is 24.0 Å². The van der Waals surface area contributed by atoms with E-state index in [-0.39, 0.29) is 24.0 Å². The first-order chi connectivity index (χ1) is 13.0. The summed E-state index contributed by atoms with van der Waals surface area (Å²) in [5.41, 5.74) is 4.54. The van der Waals surface area contributed by atoms with Gasteiger partial charge >= 0.3 is 0 Å². The zero-order chi connectivity index (χ0) is 19.8. The van der Waals surface area contributed by atoms with E-state index in [2.05, 4.69) is 45.6 Å². The molecule has 7 heteroatoms. The fourth-order valence-corrected chi connectivity index (χ4v) is 2.67. The highest BCUT2D eigenvalue weighted by molar-refractivity contribution is 14.0. The van der Waals surface area contributed by atoms with Crippen LogP contribution in [0.4, 0.5) is 11.4 Å². The molecule has 0 aliphatic carbocycles. The fraction of sp³-hybridized carbons (Fsp3) is 0.381. The second kappa shape index (κ2) is 11.6. The number of anilines is 2. The van der Waals surface area contributed by atoms with E-state index in [0.29, 0.717) is 24.9 Å². The Kier molecular flexibility index (Phi) is 9.92. The molecule has 0 bridgehead atoms. The number of rotatable bonds is 7. The van der Waals surface area contributed by atoms with Crippen molar-refractivity contribution in [3.63, 3.8) is 0 Å². The standard InChI is InChI=1S/C21H30N4O2.HI/c1-7-27-19-11-9-17(13-20(19)26-6)24-21(22-3)23-14-16-8-10-18(25(4)5)12-15(16)2;/h8-13H,7,14H2,1-6H3,(H2,22,23,24);1H. The molecular weight excluding hydrogens is 467 g/mol. The monoisotopic (exact) mass is 498 g/mol. The predicted molar refractivity (Wildman–Crippen MR) is 129 cm³/mol. The molecule has 0 spiro atoms. The zero-order valence-corrected chi connectivity index (χ0v) is 19.8. The van der Waals surface area contributed by atoms with Crippen LogP contribution in [-0.2, 0) is 6.54 Å². The SMILES string of the molecule is CCOc1ccc(NC(=NC)NCc2ccc(N(C)C)cc2C)cc1OC.I. The number of aryl methyl sites for hydroxylation is 1. The summed E-state index contributed by atoms with van der Waals surface area (Å²) >= 11 is 0. The van der Waals surface area contributed by atoms with E-state index in [1.165, 1.54) is 16.8 Å². The molecule has 0 aliphatic rings. The lowest BCUT2D eigenvalue weighted by Crippen LogP contribution is -2.30. The third-order valence-corrected chi connectivity index (χ3v) is 4.24. The molecular formula is C21H31IN4O2. The molecule has 0 atom stereocenters. The third kappa shape index (κ3) is 6.47. The molecule has 0 aliphatic heterocycles. The average Bonchev–Trinajstić information content (AvgIpc) is 2.66. The van der Waals surface area contributed by atoms with Crippen molar-refractivity contribution < 1.29 is 9.47 Å². The lowest BCUT2D eigenvalue weighted by molar-refractivity contribution is 0.311. The van der Waals surface area contributed by atoms with Crippen LogP contribution in [0, 0.1) is 6.92 Å². The van der Waals surface area contributed by atoms with Crippen LogP contribution >= 0.6 is 24.0 Å². The van der Waals surface area contributed by atoms with Gasteiger partial charge in [0.25, 0.3) is 0 Å². The van der Waals surface area contributed by atoms with E-state index >= 15 is 0 Å². The van der Waals surface area contributed by atoms with Gasteiger partial charge in [-0.2, -0.15) is 0 Å². The molecule has 0 radical (unpaired) electrons. The van der Waals surface area contributed by atoms with E-state index in [9.17, 15) is 0 Å². The Hall–Kier alpha value is -2.16. The Morgan fingerprint density at radius 1 is 1.11 bits per heavy atom. The highest BCUT2D eigenvalue weighted by Gasteiger charge is 2.08. The molecule has 0 fully saturated rings. The molecule has 154 valence electrons. The van der Waals surface area contributed by atoms with Crippen molar-refractivity contribution in [2.24, 2.45) is 4.99 Å². The van der Waals surface area contributed by atoms with Crippen molar-refractivity contribution in [3.8, 4) is 11.5 Å². The fourth-order valence-electron chi connectivity index (χ4n) is 2.67. The lowest BCUT2D eigenvalue weighted by Gasteiger charge is -2.17. The number of halogens is 1. The van der Waals surface area contributed by atoms with Crippen molar-refractivity contribution in [2.45, 2.75) is 20.4 Å². The van der Waals surface area contributed by atoms with Gasteiger partial charge in [-0.1, -0.05) is 6.07 Å². The molecule has 0 aromatic heterocycles. The quantitative estimate of drug-likeness (QED) is 0.339. The van der Waals surface area contributed by atoms with Crippen molar-refractivity contribution in [1.82, 2.24) is 5.32 Å². The molecule has 0 amide bonds. The minimum Gasteiger partial charge on any atom is -0.493 e. The number of aliphatic imine (C=N–C) groups is 1. The number of methoxy groups -OCH3 is 1. The van der Waals surface area contributed by atoms with Crippen LogP contribution in [0.25, 0.3) is 0 Å². The smallest absolute Gasteiger partial charge is 0.195 e. The van der Waals surface area contributed by atoms with Crippen molar-refractivity contribution in [2.75, 3.05) is 45.1 Å².